The van der Waals surface area contributed by atoms with Crippen LogP contribution in [0.5, 0.6) is 0 Å². The Labute approximate surface area is 95.2 Å². The van der Waals surface area contributed by atoms with Crippen molar-refractivity contribution in [3.63, 3.8) is 0 Å². The fourth-order valence-electron chi connectivity index (χ4n) is 2.53. The SMILES string of the molecule is C#CC(C)(C)N1CC(C)(C)CCC1(C)C. The molecule has 0 aliphatic carbocycles. The summed E-state index contributed by atoms with van der Waals surface area (Å²) < 4.78 is 0. The summed E-state index contributed by atoms with van der Waals surface area (Å²) in [4.78, 5) is 2.49. The van der Waals surface area contributed by atoms with Crippen LogP contribution in [0.1, 0.15) is 54.4 Å². The smallest absolute Gasteiger partial charge is 0.0770 e. The van der Waals surface area contributed by atoms with Crippen LogP contribution in [0, 0.1) is 17.8 Å². The lowest BCUT2D eigenvalue weighted by atomic mass is 9.74. The maximum absolute atomic E-state index is 5.66. The van der Waals surface area contributed by atoms with E-state index in [1.54, 1.807) is 0 Å². The lowest BCUT2D eigenvalue weighted by molar-refractivity contribution is -0.0352. The van der Waals surface area contributed by atoms with Crippen LogP contribution < -0.4 is 0 Å². The number of hydrogen-bond acceptors (Lipinski definition) is 1. The summed E-state index contributed by atoms with van der Waals surface area (Å²) in [6, 6.07) is 0. The molecule has 0 spiro atoms. The molecule has 86 valence electrons. The molecule has 1 fully saturated rings. The van der Waals surface area contributed by atoms with Crippen molar-refractivity contribution in [3.8, 4) is 12.3 Å². The normalized spacial score (nSPS) is 25.9. The lowest BCUT2D eigenvalue weighted by Crippen LogP contribution is -2.60. The summed E-state index contributed by atoms with van der Waals surface area (Å²) in [5.41, 5.74) is 0.482. The van der Waals surface area contributed by atoms with Gasteiger partial charge < -0.3 is 0 Å². The Morgan fingerprint density at radius 1 is 1.13 bits per heavy atom. The Hall–Kier alpha value is -0.480. The summed E-state index contributed by atoms with van der Waals surface area (Å²) in [5.74, 6) is 2.93. The van der Waals surface area contributed by atoms with Gasteiger partial charge in [0.15, 0.2) is 0 Å². The first kappa shape index (κ1) is 12.6. The van der Waals surface area contributed by atoms with Crippen LogP contribution in [0.2, 0.25) is 0 Å². The molecule has 0 saturated carbocycles. The molecule has 1 saturated heterocycles. The van der Waals surface area contributed by atoms with Gasteiger partial charge in [-0.2, -0.15) is 0 Å². The molecule has 1 rings (SSSR count). The minimum atomic E-state index is -0.138. The van der Waals surface area contributed by atoms with E-state index < -0.39 is 0 Å². The Morgan fingerprint density at radius 2 is 1.67 bits per heavy atom. The molecule has 0 amide bonds. The van der Waals surface area contributed by atoms with Gasteiger partial charge in [-0.1, -0.05) is 19.8 Å². The van der Waals surface area contributed by atoms with Gasteiger partial charge in [-0.25, -0.2) is 0 Å². The predicted octanol–water partition coefficient (Wildman–Crippen LogP) is 3.30. The zero-order chi connectivity index (χ0) is 11.9. The van der Waals surface area contributed by atoms with Gasteiger partial charge in [0.25, 0.3) is 0 Å². The van der Waals surface area contributed by atoms with Gasteiger partial charge in [0.05, 0.1) is 5.54 Å². The van der Waals surface area contributed by atoms with Crippen LogP contribution in [0.25, 0.3) is 0 Å². The maximum atomic E-state index is 5.66. The Balaban J connectivity index is 2.98. The van der Waals surface area contributed by atoms with Gasteiger partial charge in [0.1, 0.15) is 0 Å². The van der Waals surface area contributed by atoms with Crippen LogP contribution in [0.15, 0.2) is 0 Å². The molecule has 0 aromatic heterocycles. The number of nitrogens with zero attached hydrogens (tertiary/aromatic N) is 1. The van der Waals surface area contributed by atoms with Crippen LogP contribution in [-0.4, -0.2) is 22.5 Å². The maximum Gasteiger partial charge on any atom is 0.0770 e. The fourth-order valence-corrected chi connectivity index (χ4v) is 2.53. The average Bonchev–Trinajstić information content (AvgIpc) is 2.10. The van der Waals surface area contributed by atoms with Crippen molar-refractivity contribution in [3.05, 3.63) is 0 Å². The second kappa shape index (κ2) is 3.52. The molecule has 1 heteroatoms. The van der Waals surface area contributed by atoms with Gasteiger partial charge >= 0.3 is 0 Å². The molecule has 15 heavy (non-hydrogen) atoms. The third-order valence-electron chi connectivity index (χ3n) is 3.76. The monoisotopic (exact) mass is 207 g/mol. The molecular weight excluding hydrogens is 182 g/mol. The second-order valence-corrected chi connectivity index (χ2v) is 6.77. The number of rotatable bonds is 1. The van der Waals surface area contributed by atoms with Gasteiger partial charge in [0, 0.05) is 12.1 Å². The minimum absolute atomic E-state index is 0.138. The molecule has 0 aromatic carbocycles. The van der Waals surface area contributed by atoms with Crippen molar-refractivity contribution in [2.75, 3.05) is 6.54 Å². The molecule has 0 N–H and O–H groups in total. The van der Waals surface area contributed by atoms with Crippen LogP contribution in [-0.2, 0) is 0 Å². The largest absolute Gasteiger partial charge is 0.282 e. The van der Waals surface area contributed by atoms with Crippen molar-refractivity contribution >= 4 is 0 Å². The first-order chi connectivity index (χ1) is 6.61. The van der Waals surface area contributed by atoms with Crippen molar-refractivity contribution in [2.45, 2.75) is 65.5 Å². The molecule has 0 radical (unpaired) electrons. The van der Waals surface area contributed by atoms with Gasteiger partial charge in [0.2, 0.25) is 0 Å². The Kier molecular flexibility index (Phi) is 2.96. The molecule has 1 aliphatic heterocycles. The molecular formula is C14H25N. The number of piperidine rings is 1. The van der Waals surface area contributed by atoms with E-state index in [0.717, 1.165) is 6.54 Å². The summed E-state index contributed by atoms with van der Waals surface area (Å²) >= 11 is 0. The highest BCUT2D eigenvalue weighted by Gasteiger charge is 2.43. The van der Waals surface area contributed by atoms with Crippen molar-refractivity contribution in [1.82, 2.24) is 4.90 Å². The predicted molar refractivity (Wildman–Crippen MR) is 66.7 cm³/mol. The summed E-state index contributed by atoms with van der Waals surface area (Å²) in [5, 5.41) is 0. The van der Waals surface area contributed by atoms with Crippen LogP contribution in [0.4, 0.5) is 0 Å². The molecule has 1 heterocycles. The van der Waals surface area contributed by atoms with Crippen molar-refractivity contribution in [1.29, 1.82) is 0 Å². The van der Waals surface area contributed by atoms with Gasteiger partial charge in [-0.05, 0) is 46.0 Å². The van der Waals surface area contributed by atoms with E-state index in [-0.39, 0.29) is 11.1 Å². The third-order valence-corrected chi connectivity index (χ3v) is 3.76. The minimum Gasteiger partial charge on any atom is -0.282 e. The number of hydrogen-bond donors (Lipinski definition) is 0. The zero-order valence-corrected chi connectivity index (χ0v) is 11.1. The summed E-state index contributed by atoms with van der Waals surface area (Å²) in [6.07, 6.45) is 8.17. The zero-order valence-electron chi connectivity index (χ0n) is 11.1. The summed E-state index contributed by atoms with van der Waals surface area (Å²) in [6.45, 7) is 14.7. The van der Waals surface area contributed by atoms with Crippen LogP contribution in [0.3, 0.4) is 0 Å². The molecule has 0 atom stereocenters. The lowest BCUT2D eigenvalue weighted by Gasteiger charge is -2.54. The van der Waals surface area contributed by atoms with E-state index in [0.29, 0.717) is 5.41 Å². The van der Waals surface area contributed by atoms with Crippen LogP contribution >= 0.6 is 0 Å². The fraction of sp³-hybridized carbons (Fsp3) is 0.857. The number of likely N-dealkylation sites (tertiary alicyclic amines) is 1. The third kappa shape index (κ3) is 2.55. The Morgan fingerprint density at radius 3 is 2.13 bits per heavy atom. The van der Waals surface area contributed by atoms with E-state index in [2.05, 4.69) is 52.4 Å². The topological polar surface area (TPSA) is 3.24 Å². The van der Waals surface area contributed by atoms with E-state index >= 15 is 0 Å². The van der Waals surface area contributed by atoms with Crippen molar-refractivity contribution < 1.29 is 0 Å². The molecule has 1 aliphatic rings. The van der Waals surface area contributed by atoms with E-state index in [1.165, 1.54) is 12.8 Å². The van der Waals surface area contributed by atoms with E-state index in [4.69, 9.17) is 6.42 Å². The van der Waals surface area contributed by atoms with E-state index in [9.17, 15) is 0 Å². The second-order valence-electron chi connectivity index (χ2n) is 6.77. The highest BCUT2D eigenvalue weighted by molar-refractivity contribution is 5.13. The van der Waals surface area contributed by atoms with Gasteiger partial charge in [-0.15, -0.1) is 6.42 Å². The highest BCUT2D eigenvalue weighted by Crippen LogP contribution is 2.41. The molecule has 0 aromatic rings. The van der Waals surface area contributed by atoms with Gasteiger partial charge in [-0.3, -0.25) is 4.90 Å². The highest BCUT2D eigenvalue weighted by atomic mass is 15.3. The molecule has 0 bridgehead atoms. The number of terminal acetylenes is 1. The van der Waals surface area contributed by atoms with Crippen molar-refractivity contribution in [2.24, 2.45) is 5.41 Å². The molecule has 0 unspecified atom stereocenters. The molecule has 1 nitrogen and oxygen atoms in total. The standard InChI is InChI=1S/C14H25N/c1-8-13(4,5)15-11-12(2,3)9-10-14(15,6)7/h1H,9-11H2,2-7H3. The average molecular weight is 207 g/mol. The van der Waals surface area contributed by atoms with E-state index in [1.807, 2.05) is 0 Å². The summed E-state index contributed by atoms with van der Waals surface area (Å²) in [7, 11) is 0. The quantitative estimate of drug-likeness (QED) is 0.596. The Bertz CT molecular complexity index is 278. The first-order valence-electron chi connectivity index (χ1n) is 5.86. The first-order valence-corrected chi connectivity index (χ1v) is 5.86.